The van der Waals surface area contributed by atoms with E-state index in [9.17, 15) is 9.59 Å². The zero-order chi connectivity index (χ0) is 19.2. The van der Waals surface area contributed by atoms with Crippen LogP contribution in [0.5, 0.6) is 0 Å². The monoisotopic (exact) mass is 464 g/mol. The minimum atomic E-state index is -0.544. The third-order valence-electron chi connectivity index (χ3n) is 3.52. The Morgan fingerprint density at radius 3 is 2.74 bits per heavy atom. The van der Waals surface area contributed by atoms with Crippen LogP contribution in [0.1, 0.15) is 12.0 Å². The molecule has 0 bridgehead atoms. The van der Waals surface area contributed by atoms with Crippen molar-refractivity contribution in [3.63, 3.8) is 0 Å². The van der Waals surface area contributed by atoms with E-state index in [2.05, 4.69) is 36.8 Å². The molecule has 9 heteroatoms. The van der Waals surface area contributed by atoms with E-state index in [0.29, 0.717) is 15.9 Å². The Balaban J connectivity index is 1.56. The molecule has 1 heterocycles. The Morgan fingerprint density at radius 2 is 2.00 bits per heavy atom. The van der Waals surface area contributed by atoms with Crippen molar-refractivity contribution >= 4 is 68.2 Å². The molecule has 2 N–H and O–H groups in total. The molecule has 6 nitrogen and oxygen atoms in total. The topological polar surface area (TPSA) is 82.9 Å². The number of nitrogens with zero attached hydrogens (tertiary/aromatic N) is 2. The van der Waals surface area contributed by atoms with E-state index in [1.807, 2.05) is 18.2 Å². The van der Waals surface area contributed by atoms with E-state index in [1.165, 1.54) is 11.8 Å². The van der Waals surface area contributed by atoms with Gasteiger partial charge in [0.25, 0.3) is 0 Å². The van der Waals surface area contributed by atoms with Crippen LogP contribution < -0.4 is 10.6 Å². The first-order chi connectivity index (χ1) is 13.0. The first kappa shape index (κ1) is 19.6. The summed E-state index contributed by atoms with van der Waals surface area (Å²) in [4.78, 5) is 24.2. The van der Waals surface area contributed by atoms with Gasteiger partial charge >= 0.3 is 0 Å². The molecule has 1 atom stereocenters. The van der Waals surface area contributed by atoms with Crippen LogP contribution >= 0.6 is 39.3 Å². The van der Waals surface area contributed by atoms with Crippen molar-refractivity contribution in [1.82, 2.24) is 5.32 Å². The largest absolute Gasteiger partial charge is 0.325 e. The highest BCUT2D eigenvalue weighted by molar-refractivity contribution is 9.10. The van der Waals surface area contributed by atoms with E-state index in [0.717, 1.165) is 10.0 Å². The van der Waals surface area contributed by atoms with Crippen molar-refractivity contribution in [1.29, 1.82) is 0 Å². The molecule has 2 aromatic rings. The Morgan fingerprint density at radius 1 is 1.26 bits per heavy atom. The second kappa shape index (κ2) is 9.16. The molecule has 3 rings (SSSR count). The molecule has 2 amide bonds. The lowest BCUT2D eigenvalue weighted by molar-refractivity contribution is -0.122. The molecule has 1 fully saturated rings. The van der Waals surface area contributed by atoms with Crippen molar-refractivity contribution in [2.75, 3.05) is 5.32 Å². The predicted octanol–water partition coefficient (Wildman–Crippen LogP) is 4.05. The smallest absolute Gasteiger partial charge is 0.240 e. The van der Waals surface area contributed by atoms with E-state index in [4.69, 9.17) is 11.6 Å². The maximum atomic E-state index is 12.2. The molecule has 0 saturated carbocycles. The standard InChI is InChI=1S/C18H14BrClN4O2S/c19-13-3-1-2-4-14(13)22-16(25)9-15-17(26)23-18(27-15)24-21-10-11-5-7-12(20)8-6-11/h1-8,10,15H,9H2,(H,22,25)(H,23,24,26)/b21-10+. The molecule has 27 heavy (non-hydrogen) atoms. The van der Waals surface area contributed by atoms with Gasteiger partial charge < -0.3 is 10.6 Å². The van der Waals surface area contributed by atoms with Crippen LogP contribution in [0, 0.1) is 0 Å². The third-order valence-corrected chi connectivity index (χ3v) is 5.54. The molecule has 0 radical (unpaired) electrons. The molecule has 1 aliphatic heterocycles. The zero-order valence-electron chi connectivity index (χ0n) is 13.9. The number of amidine groups is 1. The Labute approximate surface area is 173 Å². The predicted molar refractivity (Wildman–Crippen MR) is 113 cm³/mol. The number of nitrogens with one attached hydrogen (secondary N) is 2. The summed E-state index contributed by atoms with van der Waals surface area (Å²) in [6, 6.07) is 14.4. The van der Waals surface area contributed by atoms with Gasteiger partial charge in [0.05, 0.1) is 11.9 Å². The van der Waals surface area contributed by atoms with Crippen molar-refractivity contribution in [3.8, 4) is 0 Å². The summed E-state index contributed by atoms with van der Waals surface area (Å²) in [6.07, 6.45) is 1.60. The average Bonchev–Trinajstić information content (AvgIpc) is 2.98. The van der Waals surface area contributed by atoms with Gasteiger partial charge in [-0.05, 0) is 45.8 Å². The van der Waals surface area contributed by atoms with Crippen LogP contribution in [-0.2, 0) is 9.59 Å². The number of benzene rings is 2. The number of carbonyl (C=O) groups excluding carboxylic acids is 2. The summed E-state index contributed by atoms with van der Waals surface area (Å²) in [5.41, 5.74) is 1.50. The molecule has 138 valence electrons. The van der Waals surface area contributed by atoms with Gasteiger partial charge in [-0.25, -0.2) is 0 Å². The van der Waals surface area contributed by atoms with Crippen molar-refractivity contribution in [2.24, 2.45) is 10.2 Å². The van der Waals surface area contributed by atoms with Crippen molar-refractivity contribution in [3.05, 3.63) is 63.6 Å². The highest BCUT2D eigenvalue weighted by Gasteiger charge is 2.32. The van der Waals surface area contributed by atoms with Crippen LogP contribution in [0.15, 0.2) is 63.2 Å². The maximum absolute atomic E-state index is 12.2. The summed E-state index contributed by atoms with van der Waals surface area (Å²) < 4.78 is 0.778. The lowest BCUT2D eigenvalue weighted by Gasteiger charge is -2.08. The minimum absolute atomic E-state index is 0.0394. The number of thioether (sulfide) groups is 1. The molecule has 0 spiro atoms. The van der Waals surface area contributed by atoms with Gasteiger partial charge in [0, 0.05) is 15.9 Å². The number of rotatable bonds is 5. The lowest BCUT2D eigenvalue weighted by Crippen LogP contribution is -2.28. The van der Waals surface area contributed by atoms with E-state index in [-0.39, 0.29) is 18.2 Å². The summed E-state index contributed by atoms with van der Waals surface area (Å²) in [5, 5.41) is 13.8. The fourth-order valence-corrected chi connectivity index (χ4v) is 3.65. The van der Waals surface area contributed by atoms with Crippen LogP contribution in [-0.4, -0.2) is 28.4 Å². The minimum Gasteiger partial charge on any atom is -0.325 e. The molecule has 0 aromatic heterocycles. The maximum Gasteiger partial charge on any atom is 0.240 e. The van der Waals surface area contributed by atoms with Crippen LogP contribution in [0.4, 0.5) is 5.69 Å². The van der Waals surface area contributed by atoms with Gasteiger partial charge in [-0.1, -0.05) is 47.6 Å². The lowest BCUT2D eigenvalue weighted by atomic mass is 10.2. The molecular formula is C18H14BrClN4O2S. The number of halogens is 2. The first-order valence-electron chi connectivity index (χ1n) is 7.90. The number of amides is 2. The molecule has 0 aliphatic carbocycles. The Bertz CT molecular complexity index is 918. The van der Waals surface area contributed by atoms with E-state index < -0.39 is 5.25 Å². The van der Waals surface area contributed by atoms with Gasteiger partial charge in [-0.3, -0.25) is 9.59 Å². The number of carbonyl (C=O) groups is 2. The summed E-state index contributed by atoms with van der Waals surface area (Å²) in [6.45, 7) is 0. The van der Waals surface area contributed by atoms with Gasteiger partial charge in [-0.15, -0.1) is 5.10 Å². The molecule has 1 aliphatic rings. The zero-order valence-corrected chi connectivity index (χ0v) is 17.0. The second-order valence-electron chi connectivity index (χ2n) is 5.53. The van der Waals surface area contributed by atoms with Gasteiger partial charge in [0.2, 0.25) is 11.8 Å². The molecular weight excluding hydrogens is 452 g/mol. The summed E-state index contributed by atoms with van der Waals surface area (Å²) >= 11 is 10.4. The van der Waals surface area contributed by atoms with Crippen LogP contribution in [0.3, 0.4) is 0 Å². The van der Waals surface area contributed by atoms with Crippen LogP contribution in [0.2, 0.25) is 5.02 Å². The Hall–Kier alpha value is -2.16. The number of hydrogen-bond acceptors (Lipinski definition) is 5. The normalized spacial score (nSPS) is 18.1. The highest BCUT2D eigenvalue weighted by atomic mass is 79.9. The molecule has 2 aromatic carbocycles. The SMILES string of the molecule is O=C(CC1S/C(=N/N=C/c2ccc(Cl)cc2)NC1=O)Nc1ccccc1Br. The fourth-order valence-electron chi connectivity index (χ4n) is 2.22. The third kappa shape index (κ3) is 5.66. The summed E-state index contributed by atoms with van der Waals surface area (Å²) in [7, 11) is 0. The Kier molecular flexibility index (Phi) is 6.65. The quantitative estimate of drug-likeness (QED) is 0.516. The van der Waals surface area contributed by atoms with E-state index in [1.54, 1.807) is 36.5 Å². The summed E-state index contributed by atoms with van der Waals surface area (Å²) in [5.74, 6) is -0.511. The van der Waals surface area contributed by atoms with Gasteiger partial charge in [-0.2, -0.15) is 5.10 Å². The van der Waals surface area contributed by atoms with Gasteiger partial charge in [0.1, 0.15) is 5.25 Å². The molecule has 1 saturated heterocycles. The van der Waals surface area contributed by atoms with Crippen LogP contribution in [0.25, 0.3) is 0 Å². The van der Waals surface area contributed by atoms with Gasteiger partial charge in [0.15, 0.2) is 5.17 Å². The number of hydrogen-bond donors (Lipinski definition) is 2. The number of anilines is 1. The number of para-hydroxylation sites is 1. The average molecular weight is 466 g/mol. The first-order valence-corrected chi connectivity index (χ1v) is 9.95. The second-order valence-corrected chi connectivity index (χ2v) is 8.01. The fraction of sp³-hybridized carbons (Fsp3) is 0.111. The highest BCUT2D eigenvalue weighted by Crippen LogP contribution is 2.25. The van der Waals surface area contributed by atoms with E-state index >= 15 is 0 Å². The van der Waals surface area contributed by atoms with Crippen molar-refractivity contribution in [2.45, 2.75) is 11.7 Å². The molecule has 1 unspecified atom stereocenters. The van der Waals surface area contributed by atoms with Crippen molar-refractivity contribution < 1.29 is 9.59 Å².